The molecule has 33 heavy (non-hydrogen) atoms. The molecule has 1 aliphatic heterocycles. The Labute approximate surface area is 190 Å². The summed E-state index contributed by atoms with van der Waals surface area (Å²) in [5.41, 5.74) is 1.06. The van der Waals surface area contributed by atoms with E-state index in [1.54, 1.807) is 43.5 Å². The summed E-state index contributed by atoms with van der Waals surface area (Å²) in [4.78, 5) is 17.9. The van der Waals surface area contributed by atoms with E-state index in [1.807, 2.05) is 17.1 Å². The summed E-state index contributed by atoms with van der Waals surface area (Å²) in [5, 5.41) is 4.88. The molecule has 1 aromatic heterocycles. The van der Waals surface area contributed by atoms with Gasteiger partial charge in [0.2, 0.25) is 5.91 Å². The van der Waals surface area contributed by atoms with Gasteiger partial charge in [-0.3, -0.25) is 4.79 Å². The van der Waals surface area contributed by atoms with Crippen LogP contribution in [0.15, 0.2) is 36.5 Å². The minimum atomic E-state index is -4.45. The van der Waals surface area contributed by atoms with Crippen LogP contribution in [-0.2, 0) is 4.79 Å². The summed E-state index contributed by atoms with van der Waals surface area (Å²) in [5.74, 6) is -0.987. The van der Waals surface area contributed by atoms with Crippen molar-refractivity contribution in [3.8, 4) is 5.75 Å². The zero-order chi connectivity index (χ0) is 24.0. The van der Waals surface area contributed by atoms with Crippen molar-refractivity contribution in [3.63, 3.8) is 0 Å². The first-order chi connectivity index (χ1) is 15.7. The summed E-state index contributed by atoms with van der Waals surface area (Å²) in [6.07, 6.45) is -1.45. The van der Waals surface area contributed by atoms with Crippen molar-refractivity contribution in [2.24, 2.45) is 0 Å². The Kier molecular flexibility index (Phi) is 7.99. The average Bonchev–Trinajstić information content (AvgIpc) is 3.24. The second kappa shape index (κ2) is 10.7. The van der Waals surface area contributed by atoms with Gasteiger partial charge in [-0.05, 0) is 37.1 Å². The lowest BCUT2D eigenvalue weighted by molar-refractivity contribution is -0.139. The van der Waals surface area contributed by atoms with Gasteiger partial charge in [0.25, 0.3) is 0 Å². The van der Waals surface area contributed by atoms with Gasteiger partial charge < -0.3 is 20.3 Å². The number of rotatable bonds is 9. The molecule has 2 N–H and O–H groups in total. The van der Waals surface area contributed by atoms with Crippen LogP contribution in [0.1, 0.15) is 38.2 Å². The molecule has 1 amide bonds. The SMILES string of the molecule is CCCNc1nccc(N2CC[C@@H](Oc3ccc(C(C)C(=O)NCC(F)(F)F)cc3)C2)c1F. The van der Waals surface area contributed by atoms with Crippen molar-refractivity contribution in [1.29, 1.82) is 0 Å². The maximum absolute atomic E-state index is 14.8. The Morgan fingerprint density at radius 2 is 2.00 bits per heavy atom. The quantitative estimate of drug-likeness (QED) is 0.531. The molecule has 0 saturated carbocycles. The Bertz CT molecular complexity index is 937. The average molecular weight is 468 g/mol. The summed E-state index contributed by atoms with van der Waals surface area (Å²) >= 11 is 0. The van der Waals surface area contributed by atoms with E-state index in [0.717, 1.165) is 6.42 Å². The van der Waals surface area contributed by atoms with Crippen molar-refractivity contribution in [1.82, 2.24) is 10.3 Å². The number of pyridine rings is 1. The number of alkyl halides is 3. The molecule has 2 heterocycles. The minimum Gasteiger partial charge on any atom is -0.489 e. The minimum absolute atomic E-state index is 0.150. The molecular weight excluding hydrogens is 440 g/mol. The van der Waals surface area contributed by atoms with Crippen LogP contribution in [0.4, 0.5) is 29.1 Å². The Hall–Kier alpha value is -3.04. The fraction of sp³-hybridized carbons (Fsp3) is 0.478. The third-order valence-corrected chi connectivity index (χ3v) is 5.44. The number of carbonyl (C=O) groups is 1. The van der Waals surface area contributed by atoms with E-state index in [0.29, 0.717) is 43.1 Å². The number of aromatic nitrogens is 1. The number of amides is 1. The lowest BCUT2D eigenvalue weighted by atomic mass is 10.0. The van der Waals surface area contributed by atoms with E-state index in [-0.39, 0.29) is 17.7 Å². The molecule has 0 bridgehead atoms. The van der Waals surface area contributed by atoms with E-state index in [4.69, 9.17) is 4.74 Å². The third kappa shape index (κ3) is 6.72. The Morgan fingerprint density at radius 1 is 1.27 bits per heavy atom. The predicted octanol–water partition coefficient (Wildman–Crippen LogP) is 4.48. The fourth-order valence-electron chi connectivity index (χ4n) is 3.61. The summed E-state index contributed by atoms with van der Waals surface area (Å²) < 4.78 is 57.7. The molecule has 2 atom stereocenters. The molecular formula is C23H28F4N4O2. The van der Waals surface area contributed by atoms with E-state index in [9.17, 15) is 22.4 Å². The van der Waals surface area contributed by atoms with Crippen molar-refractivity contribution < 1.29 is 27.1 Å². The number of nitrogens with one attached hydrogen (secondary N) is 2. The van der Waals surface area contributed by atoms with E-state index >= 15 is 0 Å². The van der Waals surface area contributed by atoms with Crippen LogP contribution in [0.5, 0.6) is 5.75 Å². The van der Waals surface area contributed by atoms with E-state index < -0.39 is 24.5 Å². The van der Waals surface area contributed by atoms with Gasteiger partial charge in [0.1, 0.15) is 18.4 Å². The molecule has 0 spiro atoms. The van der Waals surface area contributed by atoms with Crippen LogP contribution in [0, 0.1) is 5.82 Å². The largest absolute Gasteiger partial charge is 0.489 e. The highest BCUT2D eigenvalue weighted by Gasteiger charge is 2.29. The predicted molar refractivity (Wildman–Crippen MR) is 118 cm³/mol. The first-order valence-electron chi connectivity index (χ1n) is 10.9. The van der Waals surface area contributed by atoms with E-state index in [1.165, 1.54) is 0 Å². The second-order valence-corrected chi connectivity index (χ2v) is 8.02. The molecule has 3 rings (SSSR count). The maximum atomic E-state index is 14.8. The highest BCUT2D eigenvalue weighted by Crippen LogP contribution is 2.29. The number of hydrogen-bond acceptors (Lipinski definition) is 5. The molecule has 1 aliphatic rings. The monoisotopic (exact) mass is 468 g/mol. The molecule has 1 unspecified atom stereocenters. The Morgan fingerprint density at radius 3 is 2.67 bits per heavy atom. The van der Waals surface area contributed by atoms with Crippen LogP contribution in [0.3, 0.4) is 0 Å². The lowest BCUT2D eigenvalue weighted by Gasteiger charge is -2.21. The van der Waals surface area contributed by atoms with Gasteiger partial charge >= 0.3 is 6.18 Å². The van der Waals surface area contributed by atoms with Gasteiger partial charge in [-0.2, -0.15) is 13.2 Å². The van der Waals surface area contributed by atoms with Crippen molar-refractivity contribution >= 4 is 17.4 Å². The summed E-state index contributed by atoms with van der Waals surface area (Å²) in [6, 6.07) is 8.34. The lowest BCUT2D eigenvalue weighted by Crippen LogP contribution is -2.36. The molecule has 1 aromatic carbocycles. The van der Waals surface area contributed by atoms with Gasteiger partial charge in [-0.1, -0.05) is 19.1 Å². The number of benzene rings is 1. The van der Waals surface area contributed by atoms with Gasteiger partial charge in [-0.25, -0.2) is 9.37 Å². The molecule has 2 aromatic rings. The zero-order valence-corrected chi connectivity index (χ0v) is 18.6. The normalized spacial score (nSPS) is 17.0. The van der Waals surface area contributed by atoms with Crippen molar-refractivity contribution in [2.75, 3.05) is 36.4 Å². The van der Waals surface area contributed by atoms with Crippen LogP contribution in [0.2, 0.25) is 0 Å². The van der Waals surface area contributed by atoms with Crippen LogP contribution in [0.25, 0.3) is 0 Å². The molecule has 180 valence electrons. The van der Waals surface area contributed by atoms with Gasteiger partial charge in [0.05, 0.1) is 18.2 Å². The van der Waals surface area contributed by atoms with E-state index in [2.05, 4.69) is 10.3 Å². The van der Waals surface area contributed by atoms with Crippen LogP contribution >= 0.6 is 0 Å². The number of ether oxygens (including phenoxy) is 1. The van der Waals surface area contributed by atoms with Crippen molar-refractivity contribution in [2.45, 2.75) is 44.9 Å². The van der Waals surface area contributed by atoms with Crippen LogP contribution < -0.4 is 20.3 Å². The molecule has 1 saturated heterocycles. The van der Waals surface area contributed by atoms with Gasteiger partial charge in [-0.15, -0.1) is 0 Å². The molecule has 10 heteroatoms. The molecule has 6 nitrogen and oxygen atoms in total. The number of nitrogens with zero attached hydrogens (tertiary/aromatic N) is 2. The highest BCUT2D eigenvalue weighted by atomic mass is 19.4. The molecule has 0 radical (unpaired) electrons. The van der Waals surface area contributed by atoms with Gasteiger partial charge in [0, 0.05) is 25.7 Å². The second-order valence-electron chi connectivity index (χ2n) is 8.02. The fourth-order valence-corrected chi connectivity index (χ4v) is 3.61. The van der Waals surface area contributed by atoms with Gasteiger partial charge in [0.15, 0.2) is 11.6 Å². The number of hydrogen-bond donors (Lipinski definition) is 2. The first kappa shape index (κ1) is 24.6. The summed E-state index contributed by atoms with van der Waals surface area (Å²) in [6.45, 7) is 3.96. The molecule has 1 fully saturated rings. The zero-order valence-electron chi connectivity index (χ0n) is 18.6. The topological polar surface area (TPSA) is 66.5 Å². The summed E-state index contributed by atoms with van der Waals surface area (Å²) in [7, 11) is 0. The standard InChI is InChI=1S/C23H28F4N4O2/c1-3-10-28-21-20(24)19(8-11-29-21)31-12-9-18(13-31)33-17-6-4-16(5-7-17)15(2)22(32)30-14-23(25,26)27/h4-8,11,15,18H,3,9-10,12-14H2,1-2H3,(H,28,29)(H,30,32)/t15?,18-/m1/s1. The number of anilines is 2. The highest BCUT2D eigenvalue weighted by molar-refractivity contribution is 5.83. The van der Waals surface area contributed by atoms with Crippen LogP contribution in [-0.4, -0.2) is 49.4 Å². The van der Waals surface area contributed by atoms with Crippen molar-refractivity contribution in [3.05, 3.63) is 47.9 Å². The number of carbonyl (C=O) groups excluding carboxylic acids is 1. The Balaban J connectivity index is 1.56. The number of halogens is 4. The first-order valence-corrected chi connectivity index (χ1v) is 10.9. The molecule has 0 aliphatic carbocycles. The maximum Gasteiger partial charge on any atom is 0.405 e. The third-order valence-electron chi connectivity index (χ3n) is 5.44. The smallest absolute Gasteiger partial charge is 0.405 e.